The summed E-state index contributed by atoms with van der Waals surface area (Å²) in [5, 5.41) is 13.0. The fraction of sp³-hybridized carbons (Fsp3) is 0.440. The number of nitrogens with one attached hydrogen (secondary N) is 2. The number of piperidine rings is 1. The monoisotopic (exact) mass is 491 g/mol. The van der Waals surface area contributed by atoms with Gasteiger partial charge in [-0.3, -0.25) is 9.89 Å². The molecule has 1 saturated heterocycles. The maximum atomic E-state index is 13.3. The summed E-state index contributed by atoms with van der Waals surface area (Å²) in [5.74, 6) is -0.0361. The van der Waals surface area contributed by atoms with Crippen molar-refractivity contribution in [2.24, 2.45) is 0 Å². The highest BCUT2D eigenvalue weighted by Crippen LogP contribution is 2.34. The number of thiazole rings is 1. The summed E-state index contributed by atoms with van der Waals surface area (Å²) in [6.07, 6.45) is 3.57. The first-order valence-electron chi connectivity index (χ1n) is 12.1. The van der Waals surface area contributed by atoms with Gasteiger partial charge in [-0.25, -0.2) is 9.78 Å². The van der Waals surface area contributed by atoms with Crippen LogP contribution < -0.4 is 10.2 Å². The Morgan fingerprint density at radius 2 is 1.94 bits per heavy atom. The summed E-state index contributed by atoms with van der Waals surface area (Å²) in [7, 11) is 0. The van der Waals surface area contributed by atoms with Crippen LogP contribution in [0, 0.1) is 0 Å². The molecule has 6 rings (SSSR count). The molecule has 3 aromatic rings. The van der Waals surface area contributed by atoms with Crippen molar-refractivity contribution in [2.75, 3.05) is 29.9 Å². The number of urea groups is 1. The minimum atomic E-state index is -0.179. The molecular formula is C25H29N7O2S. The summed E-state index contributed by atoms with van der Waals surface area (Å²) in [6, 6.07) is 8.16. The van der Waals surface area contributed by atoms with Crippen LogP contribution in [0.4, 0.5) is 15.6 Å². The quantitative estimate of drug-likeness (QED) is 0.581. The summed E-state index contributed by atoms with van der Waals surface area (Å²) >= 11 is 1.52. The smallest absolute Gasteiger partial charge is 0.322 e. The van der Waals surface area contributed by atoms with E-state index in [0.717, 1.165) is 53.6 Å². The third-order valence-electron chi connectivity index (χ3n) is 7.38. The third-order valence-corrected chi connectivity index (χ3v) is 8.28. The molecule has 3 aliphatic rings. The lowest BCUT2D eigenvalue weighted by molar-refractivity contribution is 0.0679. The number of hydrogen-bond donors (Lipinski definition) is 2. The van der Waals surface area contributed by atoms with E-state index in [1.807, 2.05) is 39.6 Å². The molecule has 1 aromatic carbocycles. The molecule has 2 aromatic heterocycles. The molecule has 0 unspecified atom stereocenters. The Hall–Kier alpha value is -3.40. The van der Waals surface area contributed by atoms with Crippen molar-refractivity contribution in [1.82, 2.24) is 25.0 Å². The topological polar surface area (TPSA) is 97.5 Å². The first-order valence-corrected chi connectivity index (χ1v) is 12.9. The zero-order valence-corrected chi connectivity index (χ0v) is 20.8. The highest BCUT2D eigenvalue weighted by Gasteiger charge is 2.37. The van der Waals surface area contributed by atoms with Gasteiger partial charge in [-0.1, -0.05) is 32.0 Å². The number of nitrogens with zero attached hydrogens (tertiary/aromatic N) is 5. The van der Waals surface area contributed by atoms with Gasteiger partial charge in [-0.15, -0.1) is 11.3 Å². The molecule has 0 aliphatic carbocycles. The maximum Gasteiger partial charge on any atom is 0.322 e. The van der Waals surface area contributed by atoms with E-state index in [9.17, 15) is 9.59 Å². The number of rotatable bonds is 3. The largest absolute Gasteiger partial charge is 0.348 e. The number of hydrogen-bond acceptors (Lipinski definition) is 6. The first kappa shape index (κ1) is 22.1. The van der Waals surface area contributed by atoms with E-state index < -0.39 is 0 Å². The van der Waals surface area contributed by atoms with Gasteiger partial charge in [0.15, 0.2) is 5.13 Å². The molecule has 2 N–H and O–H groups in total. The van der Waals surface area contributed by atoms with Gasteiger partial charge in [0.2, 0.25) is 0 Å². The van der Waals surface area contributed by atoms with E-state index >= 15 is 0 Å². The second-order valence-corrected chi connectivity index (χ2v) is 11.1. The average molecular weight is 492 g/mol. The lowest BCUT2D eigenvalue weighted by Crippen LogP contribution is -2.50. The molecule has 5 heterocycles. The van der Waals surface area contributed by atoms with Crippen molar-refractivity contribution in [3.05, 3.63) is 58.4 Å². The summed E-state index contributed by atoms with van der Waals surface area (Å²) in [6.45, 7) is 7.70. The molecule has 1 fully saturated rings. The van der Waals surface area contributed by atoms with Crippen LogP contribution in [0.2, 0.25) is 0 Å². The number of anilines is 2. The number of carbonyl (C=O) groups is 2. The van der Waals surface area contributed by atoms with E-state index in [2.05, 4.69) is 40.3 Å². The fourth-order valence-corrected chi connectivity index (χ4v) is 6.39. The van der Waals surface area contributed by atoms with Crippen LogP contribution >= 0.6 is 11.3 Å². The SMILES string of the molecule is CC1(C)CN(C(=O)c2csc(N3CCC(N4Cc5ccccc5NC4=O)CC3)n2)Cc2cn[nH]c21. The zero-order valence-electron chi connectivity index (χ0n) is 20.0. The minimum absolute atomic E-state index is 0.0190. The Morgan fingerprint density at radius 1 is 1.14 bits per heavy atom. The first-order chi connectivity index (χ1) is 16.9. The van der Waals surface area contributed by atoms with Crippen LogP contribution in [-0.4, -0.2) is 62.6 Å². The molecule has 9 nitrogen and oxygen atoms in total. The zero-order chi connectivity index (χ0) is 24.2. The molecule has 3 amide bonds. The van der Waals surface area contributed by atoms with Gasteiger partial charge < -0.3 is 20.0 Å². The van der Waals surface area contributed by atoms with Crippen LogP contribution in [-0.2, 0) is 18.5 Å². The second kappa shape index (κ2) is 8.37. The van der Waals surface area contributed by atoms with Crippen LogP contribution in [0.3, 0.4) is 0 Å². The van der Waals surface area contributed by atoms with Gasteiger partial charge >= 0.3 is 6.03 Å². The van der Waals surface area contributed by atoms with Crippen molar-refractivity contribution in [3.8, 4) is 0 Å². The molecule has 10 heteroatoms. The Morgan fingerprint density at radius 3 is 2.77 bits per heavy atom. The molecule has 0 radical (unpaired) electrons. The second-order valence-electron chi connectivity index (χ2n) is 10.3. The van der Waals surface area contributed by atoms with Crippen molar-refractivity contribution >= 4 is 34.1 Å². The van der Waals surface area contributed by atoms with E-state index in [4.69, 9.17) is 4.98 Å². The summed E-state index contributed by atoms with van der Waals surface area (Å²) in [4.78, 5) is 36.8. The fourth-order valence-electron chi connectivity index (χ4n) is 5.53. The van der Waals surface area contributed by atoms with Gasteiger partial charge in [0.05, 0.1) is 6.20 Å². The van der Waals surface area contributed by atoms with Crippen molar-refractivity contribution in [1.29, 1.82) is 0 Å². The van der Waals surface area contributed by atoms with Crippen LogP contribution in [0.1, 0.15) is 54.0 Å². The lowest BCUT2D eigenvalue weighted by atomic mass is 9.83. The van der Waals surface area contributed by atoms with E-state index in [1.54, 1.807) is 0 Å². The number of benzene rings is 1. The predicted molar refractivity (Wildman–Crippen MR) is 135 cm³/mol. The van der Waals surface area contributed by atoms with Crippen molar-refractivity contribution in [3.63, 3.8) is 0 Å². The summed E-state index contributed by atoms with van der Waals surface area (Å²) in [5.41, 5.74) is 4.56. The third kappa shape index (κ3) is 3.95. The molecule has 0 bridgehead atoms. The number of amides is 3. The molecule has 0 spiro atoms. The minimum Gasteiger partial charge on any atom is -0.348 e. The van der Waals surface area contributed by atoms with Crippen molar-refractivity contribution < 1.29 is 9.59 Å². The Kier molecular flexibility index (Phi) is 5.28. The van der Waals surface area contributed by atoms with Gasteiger partial charge in [-0.05, 0) is 24.5 Å². The normalized spacial score (nSPS) is 19.8. The Labute approximate surface area is 208 Å². The highest BCUT2D eigenvalue weighted by atomic mass is 32.1. The molecule has 35 heavy (non-hydrogen) atoms. The number of para-hydroxylation sites is 1. The summed E-state index contributed by atoms with van der Waals surface area (Å²) < 4.78 is 0. The van der Waals surface area contributed by atoms with Gasteiger partial charge in [0, 0.05) is 66.5 Å². The molecule has 3 aliphatic heterocycles. The van der Waals surface area contributed by atoms with Gasteiger partial charge in [0.1, 0.15) is 5.69 Å². The van der Waals surface area contributed by atoms with Crippen molar-refractivity contribution in [2.45, 2.75) is 51.2 Å². The Bertz CT molecular complexity index is 1270. The lowest BCUT2D eigenvalue weighted by Gasteiger charge is -2.40. The molecule has 182 valence electrons. The van der Waals surface area contributed by atoms with Gasteiger partial charge in [0.25, 0.3) is 5.91 Å². The predicted octanol–water partition coefficient (Wildman–Crippen LogP) is 3.82. The number of aromatic nitrogens is 3. The van der Waals surface area contributed by atoms with Gasteiger partial charge in [-0.2, -0.15) is 5.10 Å². The van der Waals surface area contributed by atoms with E-state index in [1.165, 1.54) is 11.3 Å². The van der Waals surface area contributed by atoms with Crippen LogP contribution in [0.5, 0.6) is 0 Å². The average Bonchev–Trinajstić information content (AvgIpc) is 3.54. The van der Waals surface area contributed by atoms with Crippen LogP contribution in [0.15, 0.2) is 35.8 Å². The number of fused-ring (bicyclic) bond motifs is 2. The Balaban J connectivity index is 1.10. The number of H-pyrrole nitrogens is 1. The maximum absolute atomic E-state index is 13.3. The van der Waals surface area contributed by atoms with Crippen LogP contribution in [0.25, 0.3) is 0 Å². The standard InChI is InChI=1S/C25H29N7O2S/c1-25(2)15-31(12-17-11-26-29-21(17)25)22(33)20-14-35-24(28-20)30-9-7-18(8-10-30)32-13-16-5-3-4-6-19(16)27-23(32)34/h3-6,11,14,18H,7-10,12-13,15H2,1-2H3,(H,26,29)(H,27,34). The van der Waals surface area contributed by atoms with E-state index in [0.29, 0.717) is 25.3 Å². The molecule has 0 saturated carbocycles. The van der Waals surface area contributed by atoms with E-state index in [-0.39, 0.29) is 23.4 Å². The molecular weight excluding hydrogens is 462 g/mol. The molecule has 0 atom stereocenters. The highest BCUT2D eigenvalue weighted by molar-refractivity contribution is 7.13. The number of aromatic amines is 1. The number of carbonyl (C=O) groups excluding carboxylic acids is 2.